The summed E-state index contributed by atoms with van der Waals surface area (Å²) in [5, 5.41) is 2.50. The van der Waals surface area contributed by atoms with Crippen molar-refractivity contribution < 1.29 is 31.5 Å². The molecule has 1 aromatic carbocycles. The van der Waals surface area contributed by atoms with Crippen LogP contribution in [0.2, 0.25) is 0 Å². The maximum absolute atomic E-state index is 14.3. The van der Waals surface area contributed by atoms with E-state index in [2.05, 4.69) is 15.3 Å². The molecule has 1 saturated carbocycles. The van der Waals surface area contributed by atoms with E-state index < -0.39 is 46.2 Å². The van der Waals surface area contributed by atoms with Crippen molar-refractivity contribution in [2.45, 2.75) is 44.0 Å². The number of pyridine rings is 2. The average molecular weight is 529 g/mol. The normalized spacial score (nSPS) is 17.7. The molecule has 3 N–H and O–H groups in total. The summed E-state index contributed by atoms with van der Waals surface area (Å²) in [7, 11) is 0. The van der Waals surface area contributed by atoms with Gasteiger partial charge in [0, 0.05) is 18.3 Å². The number of carbonyl (C=O) groups is 1. The van der Waals surface area contributed by atoms with E-state index in [1.165, 1.54) is 18.5 Å². The lowest BCUT2D eigenvalue weighted by atomic mass is 9.93. The molecule has 0 aliphatic heterocycles. The minimum absolute atomic E-state index is 0. The molecule has 0 saturated heterocycles. The topological polar surface area (TPSA) is 90.1 Å². The number of ether oxygens (including phenoxy) is 1. The Morgan fingerprint density at radius 2 is 1.81 bits per heavy atom. The number of benzene rings is 1. The first-order valence-electron chi connectivity index (χ1n) is 10.8. The summed E-state index contributed by atoms with van der Waals surface area (Å²) in [6.45, 7) is 0. The van der Waals surface area contributed by atoms with E-state index in [4.69, 9.17) is 10.5 Å². The predicted octanol–water partition coefficient (Wildman–Crippen LogP) is 5.76. The molecule has 2 aromatic heterocycles. The third-order valence-corrected chi connectivity index (χ3v) is 5.62. The van der Waals surface area contributed by atoms with Crippen molar-refractivity contribution in [2.75, 3.05) is 5.32 Å². The smallest absolute Gasteiger partial charge is 0.418 e. The van der Waals surface area contributed by atoms with Gasteiger partial charge in [0.1, 0.15) is 34.9 Å². The monoisotopic (exact) mass is 528 g/mol. The lowest BCUT2D eigenvalue weighted by molar-refractivity contribution is -0.137. The Labute approximate surface area is 209 Å². The van der Waals surface area contributed by atoms with Crippen LogP contribution in [0, 0.1) is 11.6 Å². The van der Waals surface area contributed by atoms with Crippen LogP contribution in [0.5, 0.6) is 5.75 Å². The molecule has 1 fully saturated rings. The van der Waals surface area contributed by atoms with Gasteiger partial charge < -0.3 is 15.8 Å². The highest BCUT2D eigenvalue weighted by Crippen LogP contribution is 2.38. The summed E-state index contributed by atoms with van der Waals surface area (Å²) in [5.41, 5.74) is 2.29. The van der Waals surface area contributed by atoms with Crippen molar-refractivity contribution in [1.29, 1.82) is 0 Å². The van der Waals surface area contributed by atoms with E-state index in [1.54, 1.807) is 0 Å². The van der Waals surface area contributed by atoms with Crippen LogP contribution in [0.15, 0.2) is 48.8 Å². The largest absolute Gasteiger partial charge is 0.488 e. The summed E-state index contributed by atoms with van der Waals surface area (Å²) in [5.74, 6) is -3.09. The minimum Gasteiger partial charge on any atom is -0.488 e. The van der Waals surface area contributed by atoms with E-state index in [-0.39, 0.29) is 30.2 Å². The number of nitrogens with two attached hydrogens (primary N) is 1. The maximum Gasteiger partial charge on any atom is 0.418 e. The molecule has 4 rings (SSSR count). The van der Waals surface area contributed by atoms with Crippen molar-refractivity contribution in [1.82, 2.24) is 9.97 Å². The van der Waals surface area contributed by atoms with Crippen LogP contribution >= 0.6 is 12.4 Å². The minimum atomic E-state index is -4.96. The second-order valence-corrected chi connectivity index (χ2v) is 8.18. The second-order valence-electron chi connectivity index (χ2n) is 8.18. The van der Waals surface area contributed by atoms with Crippen molar-refractivity contribution in [3.63, 3.8) is 0 Å². The Bertz CT molecular complexity index is 1220. The summed E-state index contributed by atoms with van der Waals surface area (Å²) in [6.07, 6.45) is 0.845. The van der Waals surface area contributed by atoms with E-state index in [0.29, 0.717) is 18.2 Å². The van der Waals surface area contributed by atoms with Gasteiger partial charge in [-0.1, -0.05) is 6.07 Å². The molecule has 6 nitrogen and oxygen atoms in total. The van der Waals surface area contributed by atoms with Crippen molar-refractivity contribution in [3.05, 3.63) is 71.7 Å². The van der Waals surface area contributed by atoms with Crippen LogP contribution < -0.4 is 15.8 Å². The highest BCUT2D eigenvalue weighted by molar-refractivity contribution is 6.04. The Kier molecular flexibility index (Phi) is 8.47. The summed E-state index contributed by atoms with van der Waals surface area (Å²) in [6, 6.07) is 5.57. The first-order chi connectivity index (χ1) is 16.6. The Balaban J connectivity index is 0.00000361. The predicted molar refractivity (Wildman–Crippen MR) is 125 cm³/mol. The van der Waals surface area contributed by atoms with Crippen LogP contribution in [0.3, 0.4) is 0 Å². The zero-order valence-corrected chi connectivity index (χ0v) is 19.5. The van der Waals surface area contributed by atoms with Crippen LogP contribution in [0.1, 0.15) is 41.7 Å². The first kappa shape index (κ1) is 27.3. The number of anilines is 1. The van der Waals surface area contributed by atoms with Gasteiger partial charge in [0.05, 0.1) is 23.0 Å². The average Bonchev–Trinajstić information content (AvgIpc) is 2.79. The maximum atomic E-state index is 14.3. The number of nitrogens with zero attached hydrogens (tertiary/aromatic N) is 2. The molecular weight excluding hydrogens is 507 g/mol. The zero-order chi connectivity index (χ0) is 25.2. The molecule has 12 heteroatoms. The Morgan fingerprint density at radius 3 is 2.47 bits per heavy atom. The molecule has 0 bridgehead atoms. The lowest BCUT2D eigenvalue weighted by Gasteiger charge is -2.28. The van der Waals surface area contributed by atoms with Gasteiger partial charge in [-0.25, -0.2) is 13.8 Å². The fraction of sp³-hybridized carbons (Fsp3) is 0.292. The molecular formula is C24H22ClF5N4O2. The van der Waals surface area contributed by atoms with E-state index in [0.717, 1.165) is 43.5 Å². The van der Waals surface area contributed by atoms with Crippen molar-refractivity contribution in [3.8, 4) is 17.0 Å². The molecule has 1 amide bonds. The second kappa shape index (κ2) is 11.2. The molecule has 1 aliphatic rings. The third kappa shape index (κ3) is 6.08. The zero-order valence-electron chi connectivity index (χ0n) is 18.7. The van der Waals surface area contributed by atoms with Gasteiger partial charge in [0.25, 0.3) is 5.91 Å². The number of hydrogen-bond acceptors (Lipinski definition) is 5. The molecule has 1 aliphatic carbocycles. The van der Waals surface area contributed by atoms with E-state index in [9.17, 15) is 26.7 Å². The highest BCUT2D eigenvalue weighted by atomic mass is 35.5. The third-order valence-electron chi connectivity index (χ3n) is 5.62. The molecule has 2 heterocycles. The van der Waals surface area contributed by atoms with Crippen LogP contribution in [-0.4, -0.2) is 28.0 Å². The van der Waals surface area contributed by atoms with Crippen LogP contribution in [0.25, 0.3) is 11.3 Å². The van der Waals surface area contributed by atoms with Crippen LogP contribution in [-0.2, 0) is 6.18 Å². The molecule has 2 atom stereocenters. The van der Waals surface area contributed by atoms with E-state index in [1.807, 2.05) is 0 Å². The standard InChI is InChI=1S/C24H21F5N4O2.ClH/c25-16-5-2-6-17(26)21(16)22-15(24(27,28)29)7-8-18(32-22)23(34)33-19-12-31-10-9-20(19)35-14-4-1-3-13(30)11-14;/h2,5-10,12-14H,1,3-4,11,30H2,(H,33,34);1H. The SMILES string of the molecule is Cl.NC1CCCC(Oc2ccncc2NC(=O)c2ccc(C(F)(F)F)c(-c3c(F)cccc3F)n2)C1. The van der Waals surface area contributed by atoms with Gasteiger partial charge >= 0.3 is 6.18 Å². The number of nitrogens with one attached hydrogen (secondary N) is 1. The lowest BCUT2D eigenvalue weighted by Crippen LogP contribution is -2.33. The number of halogens is 6. The quantitative estimate of drug-likeness (QED) is 0.411. The van der Waals surface area contributed by atoms with Gasteiger partial charge in [0.2, 0.25) is 0 Å². The highest BCUT2D eigenvalue weighted by Gasteiger charge is 2.36. The number of hydrogen-bond donors (Lipinski definition) is 2. The summed E-state index contributed by atoms with van der Waals surface area (Å²) < 4.78 is 75.3. The summed E-state index contributed by atoms with van der Waals surface area (Å²) in [4.78, 5) is 20.5. The fourth-order valence-electron chi connectivity index (χ4n) is 3.96. The number of amides is 1. The van der Waals surface area contributed by atoms with Gasteiger partial charge in [-0.3, -0.25) is 9.78 Å². The molecule has 0 radical (unpaired) electrons. The Hall–Kier alpha value is -3.31. The molecule has 3 aromatic rings. The molecule has 0 spiro atoms. The summed E-state index contributed by atoms with van der Waals surface area (Å²) >= 11 is 0. The Morgan fingerprint density at radius 1 is 1.08 bits per heavy atom. The number of aromatic nitrogens is 2. The fourth-order valence-corrected chi connectivity index (χ4v) is 3.96. The molecule has 2 unspecified atom stereocenters. The van der Waals surface area contributed by atoms with Crippen molar-refractivity contribution >= 4 is 24.0 Å². The van der Waals surface area contributed by atoms with Gasteiger partial charge in [-0.2, -0.15) is 13.2 Å². The number of carbonyl (C=O) groups excluding carboxylic acids is 1. The molecule has 192 valence electrons. The van der Waals surface area contributed by atoms with Crippen LogP contribution in [0.4, 0.5) is 27.6 Å². The number of alkyl halides is 3. The molecule has 36 heavy (non-hydrogen) atoms. The van der Waals surface area contributed by atoms with Crippen molar-refractivity contribution in [2.24, 2.45) is 5.73 Å². The van der Waals surface area contributed by atoms with Gasteiger partial charge in [-0.15, -0.1) is 12.4 Å². The van der Waals surface area contributed by atoms with Gasteiger partial charge in [-0.05, 0) is 49.9 Å². The number of rotatable bonds is 5. The van der Waals surface area contributed by atoms with E-state index >= 15 is 0 Å². The first-order valence-corrected chi connectivity index (χ1v) is 10.8. The van der Waals surface area contributed by atoms with Gasteiger partial charge in [0.15, 0.2) is 0 Å².